The van der Waals surface area contributed by atoms with Gasteiger partial charge in [0.1, 0.15) is 0 Å². The summed E-state index contributed by atoms with van der Waals surface area (Å²) in [5.74, 6) is 1.04. The third-order valence-corrected chi connectivity index (χ3v) is 5.29. The molecule has 1 nitrogen and oxygen atoms in total. The molecule has 2 atom stereocenters. The quantitative estimate of drug-likeness (QED) is 0.704. The van der Waals surface area contributed by atoms with Crippen LogP contribution in [0.2, 0.25) is 0 Å². The van der Waals surface area contributed by atoms with Crippen molar-refractivity contribution in [3.05, 3.63) is 0 Å². The molecule has 1 aliphatic carbocycles. The summed E-state index contributed by atoms with van der Waals surface area (Å²) in [5, 5.41) is 3.74. The minimum Gasteiger partial charge on any atom is -0.306 e. The van der Waals surface area contributed by atoms with E-state index in [0.29, 0.717) is 11.1 Å². The van der Waals surface area contributed by atoms with Crippen LogP contribution < -0.4 is 5.32 Å². The normalized spacial score (nSPS) is 37.2. The van der Waals surface area contributed by atoms with Gasteiger partial charge in [-0.05, 0) is 45.4 Å². The Labute approximate surface area is 115 Å². The Balaban J connectivity index is 0.000000199. The lowest BCUT2D eigenvalue weighted by Gasteiger charge is -2.29. The molecule has 1 aliphatic heterocycles. The molecule has 1 heterocycles. The van der Waals surface area contributed by atoms with Crippen molar-refractivity contribution < 1.29 is 0 Å². The maximum Gasteiger partial charge on any atom is 0.0156 e. The number of hydrogen-bond donors (Lipinski definition) is 1. The number of nitrogens with one attached hydrogen (secondary N) is 1. The second kappa shape index (κ2) is 6.93. The maximum absolute atomic E-state index is 3.74. The Bertz CT molecular complexity index is 216. The SMILES string of the molecule is CC1CCCCC1.CCC1(C)CCC(C)(CC)N1. The van der Waals surface area contributed by atoms with E-state index in [1.54, 1.807) is 0 Å². The van der Waals surface area contributed by atoms with Gasteiger partial charge in [-0.1, -0.05) is 52.9 Å². The molecule has 2 aliphatic rings. The fraction of sp³-hybridized carbons (Fsp3) is 1.00. The molecule has 0 aromatic heterocycles. The van der Waals surface area contributed by atoms with Crippen molar-refractivity contribution in [2.45, 2.75) is 103 Å². The summed E-state index contributed by atoms with van der Waals surface area (Å²) in [7, 11) is 0. The summed E-state index contributed by atoms with van der Waals surface area (Å²) >= 11 is 0. The minimum absolute atomic E-state index is 0.421. The number of hydrogen-bond acceptors (Lipinski definition) is 1. The second-order valence-electron chi connectivity index (χ2n) is 7.20. The van der Waals surface area contributed by atoms with Crippen LogP contribution in [0.25, 0.3) is 0 Å². The molecule has 2 unspecified atom stereocenters. The van der Waals surface area contributed by atoms with Crippen molar-refractivity contribution in [2.75, 3.05) is 0 Å². The highest BCUT2D eigenvalue weighted by atomic mass is 15.1. The largest absolute Gasteiger partial charge is 0.306 e. The zero-order valence-corrected chi connectivity index (χ0v) is 13.4. The second-order valence-corrected chi connectivity index (χ2v) is 7.20. The van der Waals surface area contributed by atoms with Crippen LogP contribution in [0.4, 0.5) is 0 Å². The lowest BCUT2D eigenvalue weighted by molar-refractivity contribution is 0.313. The molecule has 0 amide bonds. The van der Waals surface area contributed by atoms with Gasteiger partial charge >= 0.3 is 0 Å². The summed E-state index contributed by atoms with van der Waals surface area (Å²) in [6.45, 7) is 11.6. The van der Waals surface area contributed by atoms with Crippen LogP contribution in [0.15, 0.2) is 0 Å². The van der Waals surface area contributed by atoms with Gasteiger partial charge in [0.2, 0.25) is 0 Å². The molecule has 0 radical (unpaired) electrons. The van der Waals surface area contributed by atoms with E-state index in [4.69, 9.17) is 0 Å². The third kappa shape index (κ3) is 4.91. The van der Waals surface area contributed by atoms with Gasteiger partial charge in [-0.15, -0.1) is 0 Å². The first-order valence-corrected chi connectivity index (χ1v) is 8.22. The zero-order valence-electron chi connectivity index (χ0n) is 13.4. The van der Waals surface area contributed by atoms with Gasteiger partial charge in [0, 0.05) is 11.1 Å². The lowest BCUT2D eigenvalue weighted by Crippen LogP contribution is -2.46. The van der Waals surface area contributed by atoms with E-state index in [-0.39, 0.29) is 0 Å². The average Bonchev–Trinajstić information content (AvgIpc) is 2.69. The maximum atomic E-state index is 3.74. The molecule has 1 N–H and O–H groups in total. The van der Waals surface area contributed by atoms with Crippen molar-refractivity contribution in [1.82, 2.24) is 5.32 Å². The van der Waals surface area contributed by atoms with Gasteiger partial charge in [0.05, 0.1) is 0 Å². The molecular weight excluding hydrogens is 218 g/mol. The first-order chi connectivity index (χ1) is 8.43. The van der Waals surface area contributed by atoms with Gasteiger partial charge in [0.15, 0.2) is 0 Å². The standard InChI is InChI=1S/C10H21N.C7H14/c1-5-9(3)7-8-10(4,6-2)11-9;1-7-5-3-2-4-6-7/h11H,5-8H2,1-4H3;7H,2-6H2,1H3. The van der Waals surface area contributed by atoms with Crippen LogP contribution in [0.1, 0.15) is 92.4 Å². The Kier molecular flexibility index (Phi) is 6.17. The monoisotopic (exact) mass is 253 g/mol. The van der Waals surface area contributed by atoms with Crippen LogP contribution >= 0.6 is 0 Å². The van der Waals surface area contributed by atoms with Gasteiger partial charge in [-0.25, -0.2) is 0 Å². The molecular formula is C17H35N. The molecule has 0 spiro atoms. The molecule has 1 saturated heterocycles. The summed E-state index contributed by atoms with van der Waals surface area (Å²) in [5.41, 5.74) is 0.843. The first-order valence-electron chi connectivity index (χ1n) is 8.22. The Morgan fingerprint density at radius 3 is 1.56 bits per heavy atom. The highest BCUT2D eigenvalue weighted by molar-refractivity contribution is 5.00. The smallest absolute Gasteiger partial charge is 0.0156 e. The Morgan fingerprint density at radius 1 is 0.889 bits per heavy atom. The van der Waals surface area contributed by atoms with Crippen LogP contribution in [0, 0.1) is 5.92 Å². The number of rotatable bonds is 2. The molecule has 0 aromatic rings. The highest BCUT2D eigenvalue weighted by Crippen LogP contribution is 2.34. The van der Waals surface area contributed by atoms with Gasteiger partial charge in [0.25, 0.3) is 0 Å². The molecule has 0 aromatic carbocycles. The fourth-order valence-electron chi connectivity index (χ4n) is 3.24. The summed E-state index contributed by atoms with van der Waals surface area (Å²) in [4.78, 5) is 0. The predicted molar refractivity (Wildman–Crippen MR) is 82.0 cm³/mol. The molecule has 18 heavy (non-hydrogen) atoms. The van der Waals surface area contributed by atoms with Crippen molar-refractivity contribution in [2.24, 2.45) is 5.92 Å². The van der Waals surface area contributed by atoms with Gasteiger partial charge in [-0.2, -0.15) is 0 Å². The van der Waals surface area contributed by atoms with Gasteiger partial charge in [-0.3, -0.25) is 0 Å². The molecule has 0 bridgehead atoms. The summed E-state index contributed by atoms with van der Waals surface area (Å²) < 4.78 is 0. The topological polar surface area (TPSA) is 12.0 Å². The zero-order chi connectivity index (χ0) is 13.6. The molecule has 108 valence electrons. The Hall–Kier alpha value is -0.0400. The summed E-state index contributed by atoms with van der Waals surface area (Å²) in [6.07, 6.45) is 12.6. The van der Waals surface area contributed by atoms with E-state index in [1.807, 2.05) is 0 Å². The van der Waals surface area contributed by atoms with Crippen LogP contribution in [0.5, 0.6) is 0 Å². The average molecular weight is 253 g/mol. The Morgan fingerprint density at radius 2 is 1.33 bits per heavy atom. The van der Waals surface area contributed by atoms with E-state index in [9.17, 15) is 0 Å². The van der Waals surface area contributed by atoms with Crippen molar-refractivity contribution in [1.29, 1.82) is 0 Å². The van der Waals surface area contributed by atoms with Crippen molar-refractivity contribution in [3.63, 3.8) is 0 Å². The van der Waals surface area contributed by atoms with Crippen molar-refractivity contribution in [3.8, 4) is 0 Å². The van der Waals surface area contributed by atoms with Gasteiger partial charge < -0.3 is 5.32 Å². The van der Waals surface area contributed by atoms with Crippen LogP contribution in [-0.2, 0) is 0 Å². The van der Waals surface area contributed by atoms with E-state index in [1.165, 1.54) is 57.8 Å². The van der Waals surface area contributed by atoms with E-state index in [0.717, 1.165) is 5.92 Å². The van der Waals surface area contributed by atoms with Crippen LogP contribution in [0.3, 0.4) is 0 Å². The van der Waals surface area contributed by atoms with E-state index >= 15 is 0 Å². The van der Waals surface area contributed by atoms with Crippen LogP contribution in [-0.4, -0.2) is 11.1 Å². The first kappa shape index (κ1) is 16.0. The summed E-state index contributed by atoms with van der Waals surface area (Å²) in [6, 6.07) is 0. The molecule has 2 rings (SSSR count). The minimum atomic E-state index is 0.421. The molecule has 1 saturated carbocycles. The highest BCUT2D eigenvalue weighted by Gasteiger charge is 2.38. The van der Waals surface area contributed by atoms with Crippen molar-refractivity contribution >= 4 is 0 Å². The predicted octanol–water partition coefficient (Wildman–Crippen LogP) is 5.29. The molecule has 2 fully saturated rings. The lowest BCUT2D eigenvalue weighted by atomic mass is 9.91. The van der Waals surface area contributed by atoms with E-state index in [2.05, 4.69) is 39.9 Å². The van der Waals surface area contributed by atoms with E-state index < -0.39 is 0 Å². The third-order valence-electron chi connectivity index (χ3n) is 5.29. The fourth-order valence-corrected chi connectivity index (χ4v) is 3.24. The molecule has 1 heteroatoms.